The molecule has 1 N–H and O–H groups in total. The first-order valence-corrected chi connectivity index (χ1v) is 10.7. The molecular formula is C24H28ClN3O3. The summed E-state index contributed by atoms with van der Waals surface area (Å²) in [6, 6.07) is 12.4. The number of ether oxygens (including phenoxy) is 1. The molecule has 0 radical (unpaired) electrons. The molecular weight excluding hydrogens is 414 g/mol. The standard InChI is InChI=1S/C24H28ClN3O3/c1-5-7-19(14-26-4)18-10-11-22-23(12-18)27(15-16(2)28(22)17(3)29)24(30)31-21-9-6-8-20(25)13-21/h5-6,8-13,16,19,26H,1,7,14-15H2,2-4H3. The highest BCUT2D eigenvalue weighted by Crippen LogP contribution is 2.39. The molecule has 3 rings (SSSR count). The number of amides is 2. The number of hydrogen-bond acceptors (Lipinski definition) is 4. The average Bonchev–Trinajstić information content (AvgIpc) is 2.72. The second-order valence-corrected chi connectivity index (χ2v) is 8.14. The molecule has 0 bridgehead atoms. The summed E-state index contributed by atoms with van der Waals surface area (Å²) in [6.45, 7) is 8.41. The van der Waals surface area contributed by atoms with Crippen LogP contribution in [-0.4, -0.2) is 38.2 Å². The number of fused-ring (bicyclic) bond motifs is 1. The first kappa shape index (κ1) is 22.8. The topological polar surface area (TPSA) is 61.9 Å². The van der Waals surface area contributed by atoms with Crippen LogP contribution in [-0.2, 0) is 4.79 Å². The van der Waals surface area contributed by atoms with Gasteiger partial charge in [-0.1, -0.05) is 29.8 Å². The smallest absolute Gasteiger partial charge is 0.410 e. The van der Waals surface area contributed by atoms with Crippen molar-refractivity contribution in [2.45, 2.75) is 32.2 Å². The number of benzene rings is 2. The molecule has 0 aromatic heterocycles. The molecule has 1 aliphatic rings. The number of nitrogens with zero attached hydrogens (tertiary/aromatic N) is 2. The molecule has 2 aromatic carbocycles. The molecule has 0 spiro atoms. The van der Waals surface area contributed by atoms with Crippen LogP contribution < -0.4 is 19.9 Å². The highest BCUT2D eigenvalue weighted by molar-refractivity contribution is 6.30. The highest BCUT2D eigenvalue weighted by atomic mass is 35.5. The van der Waals surface area contributed by atoms with Crippen LogP contribution in [0.25, 0.3) is 0 Å². The fourth-order valence-electron chi connectivity index (χ4n) is 4.02. The second-order valence-electron chi connectivity index (χ2n) is 7.70. The van der Waals surface area contributed by atoms with Crippen molar-refractivity contribution in [3.05, 3.63) is 65.7 Å². The molecule has 0 saturated carbocycles. The summed E-state index contributed by atoms with van der Waals surface area (Å²) in [5.41, 5.74) is 2.41. The predicted octanol–water partition coefficient (Wildman–Crippen LogP) is 4.98. The van der Waals surface area contributed by atoms with Crippen molar-refractivity contribution in [2.24, 2.45) is 0 Å². The SMILES string of the molecule is C=CCC(CNC)c1ccc2c(c1)N(C(=O)Oc1cccc(Cl)c1)CC(C)N2C(C)=O. The van der Waals surface area contributed by atoms with E-state index >= 15 is 0 Å². The van der Waals surface area contributed by atoms with E-state index in [0.717, 1.165) is 18.5 Å². The fraction of sp³-hybridized carbons (Fsp3) is 0.333. The maximum Gasteiger partial charge on any atom is 0.419 e. The number of carbonyl (C=O) groups excluding carboxylic acids is 2. The van der Waals surface area contributed by atoms with E-state index in [1.54, 1.807) is 34.1 Å². The van der Waals surface area contributed by atoms with Gasteiger partial charge < -0.3 is 15.0 Å². The van der Waals surface area contributed by atoms with Gasteiger partial charge in [-0.15, -0.1) is 6.58 Å². The van der Waals surface area contributed by atoms with Gasteiger partial charge in [-0.3, -0.25) is 9.69 Å². The number of likely N-dealkylation sites (N-methyl/N-ethyl adjacent to an activating group) is 1. The van der Waals surface area contributed by atoms with Crippen LogP contribution in [0.1, 0.15) is 31.7 Å². The lowest BCUT2D eigenvalue weighted by atomic mass is 9.93. The first-order valence-electron chi connectivity index (χ1n) is 10.3. The second kappa shape index (κ2) is 9.98. The van der Waals surface area contributed by atoms with Gasteiger partial charge in [0.05, 0.1) is 17.4 Å². The Balaban J connectivity index is 2.02. The number of nitrogens with one attached hydrogen (secondary N) is 1. The summed E-state index contributed by atoms with van der Waals surface area (Å²) in [5.74, 6) is 0.502. The Kier molecular flexibility index (Phi) is 7.36. The predicted molar refractivity (Wildman–Crippen MR) is 125 cm³/mol. The number of anilines is 2. The zero-order valence-electron chi connectivity index (χ0n) is 18.1. The number of hydrogen-bond donors (Lipinski definition) is 1. The minimum atomic E-state index is -0.510. The first-order chi connectivity index (χ1) is 14.8. The molecule has 7 heteroatoms. The number of allylic oxidation sites excluding steroid dienone is 1. The van der Waals surface area contributed by atoms with Crippen molar-refractivity contribution in [3.63, 3.8) is 0 Å². The molecule has 31 heavy (non-hydrogen) atoms. The third kappa shape index (κ3) is 5.09. The summed E-state index contributed by atoms with van der Waals surface area (Å²) in [6.07, 6.45) is 2.17. The highest BCUT2D eigenvalue weighted by Gasteiger charge is 2.35. The third-order valence-electron chi connectivity index (χ3n) is 5.37. The molecule has 0 saturated heterocycles. The quantitative estimate of drug-likeness (QED) is 0.642. The fourth-order valence-corrected chi connectivity index (χ4v) is 4.20. The van der Waals surface area contributed by atoms with Gasteiger partial charge in [-0.25, -0.2) is 4.79 Å². The van der Waals surface area contributed by atoms with Crippen LogP contribution in [0.2, 0.25) is 5.02 Å². The maximum atomic E-state index is 13.1. The van der Waals surface area contributed by atoms with Crippen LogP contribution in [0.15, 0.2) is 55.1 Å². The largest absolute Gasteiger partial charge is 0.419 e. The van der Waals surface area contributed by atoms with E-state index < -0.39 is 6.09 Å². The normalized spacial score (nSPS) is 16.5. The van der Waals surface area contributed by atoms with Crippen LogP contribution in [0, 0.1) is 0 Å². The van der Waals surface area contributed by atoms with Crippen molar-refractivity contribution < 1.29 is 14.3 Å². The van der Waals surface area contributed by atoms with Crippen LogP contribution >= 0.6 is 11.6 Å². The number of halogens is 1. The Bertz CT molecular complexity index is 978. The van der Waals surface area contributed by atoms with Gasteiger partial charge in [0.25, 0.3) is 0 Å². The van der Waals surface area contributed by atoms with Crippen molar-refractivity contribution in [1.82, 2.24) is 5.32 Å². The summed E-state index contributed by atoms with van der Waals surface area (Å²) in [7, 11) is 1.91. The Morgan fingerprint density at radius 2 is 2.06 bits per heavy atom. The maximum absolute atomic E-state index is 13.1. The summed E-state index contributed by atoms with van der Waals surface area (Å²) < 4.78 is 5.60. The van der Waals surface area contributed by atoms with Gasteiger partial charge in [-0.2, -0.15) is 0 Å². The van der Waals surface area contributed by atoms with Gasteiger partial charge in [0.1, 0.15) is 5.75 Å². The zero-order valence-corrected chi connectivity index (χ0v) is 18.9. The molecule has 1 aliphatic heterocycles. The van der Waals surface area contributed by atoms with Crippen molar-refractivity contribution in [2.75, 3.05) is 29.9 Å². The van der Waals surface area contributed by atoms with Crippen LogP contribution in [0.3, 0.4) is 0 Å². The number of carbonyl (C=O) groups is 2. The van der Waals surface area contributed by atoms with Gasteiger partial charge in [0, 0.05) is 25.0 Å². The Hall–Kier alpha value is -2.83. The molecule has 1 heterocycles. The van der Waals surface area contributed by atoms with Crippen LogP contribution in [0.4, 0.5) is 16.2 Å². The Labute approximate surface area is 188 Å². The minimum Gasteiger partial charge on any atom is -0.410 e. The monoisotopic (exact) mass is 441 g/mol. The van der Waals surface area contributed by atoms with E-state index in [4.69, 9.17) is 16.3 Å². The van der Waals surface area contributed by atoms with E-state index in [-0.39, 0.29) is 17.9 Å². The van der Waals surface area contributed by atoms with Gasteiger partial charge in [-0.05, 0) is 62.2 Å². The molecule has 0 fully saturated rings. The molecule has 2 unspecified atom stereocenters. The zero-order chi connectivity index (χ0) is 22.5. The molecule has 2 aromatic rings. The Morgan fingerprint density at radius 1 is 1.29 bits per heavy atom. The molecule has 164 valence electrons. The van der Waals surface area contributed by atoms with Gasteiger partial charge >= 0.3 is 6.09 Å². The van der Waals surface area contributed by atoms with E-state index in [1.165, 1.54) is 6.92 Å². The summed E-state index contributed by atoms with van der Waals surface area (Å²) >= 11 is 6.02. The molecule has 2 atom stereocenters. The Morgan fingerprint density at radius 3 is 2.71 bits per heavy atom. The lowest BCUT2D eigenvalue weighted by molar-refractivity contribution is -0.117. The lowest BCUT2D eigenvalue weighted by Crippen LogP contribution is -2.52. The van der Waals surface area contributed by atoms with E-state index in [2.05, 4.69) is 11.9 Å². The minimum absolute atomic E-state index is 0.0674. The molecule has 2 amide bonds. The third-order valence-corrected chi connectivity index (χ3v) is 5.61. The van der Waals surface area contributed by atoms with E-state index in [1.807, 2.05) is 38.2 Å². The summed E-state index contributed by atoms with van der Waals surface area (Å²) in [4.78, 5) is 28.8. The lowest BCUT2D eigenvalue weighted by Gasteiger charge is -2.40. The van der Waals surface area contributed by atoms with Gasteiger partial charge in [0.2, 0.25) is 5.91 Å². The van der Waals surface area contributed by atoms with E-state index in [0.29, 0.717) is 28.7 Å². The van der Waals surface area contributed by atoms with Crippen molar-refractivity contribution in [3.8, 4) is 5.75 Å². The van der Waals surface area contributed by atoms with Gasteiger partial charge in [0.15, 0.2) is 0 Å². The van der Waals surface area contributed by atoms with Crippen LogP contribution in [0.5, 0.6) is 5.75 Å². The number of rotatable bonds is 6. The van der Waals surface area contributed by atoms with E-state index in [9.17, 15) is 9.59 Å². The summed E-state index contributed by atoms with van der Waals surface area (Å²) in [5, 5.41) is 3.70. The van der Waals surface area contributed by atoms with Crippen molar-refractivity contribution >= 4 is 35.0 Å². The average molecular weight is 442 g/mol. The van der Waals surface area contributed by atoms with Crippen molar-refractivity contribution in [1.29, 1.82) is 0 Å². The molecule has 0 aliphatic carbocycles. The molecule has 6 nitrogen and oxygen atoms in total.